The van der Waals surface area contributed by atoms with Crippen LogP contribution in [0.1, 0.15) is 19.8 Å². The lowest BCUT2D eigenvalue weighted by Gasteiger charge is -2.08. The highest BCUT2D eigenvalue weighted by atomic mass is 127. The molecule has 0 saturated heterocycles. The minimum absolute atomic E-state index is 0.925. The standard InChI is InChI=1S/C8H14IN/c1-3-4-7-10(2)8-5-6-9/h3-4,6-7H2,1-2H3. The van der Waals surface area contributed by atoms with Gasteiger partial charge in [0.25, 0.3) is 0 Å². The number of halogens is 1. The van der Waals surface area contributed by atoms with Crippen LogP contribution in [0.2, 0.25) is 0 Å². The molecule has 0 aromatic heterocycles. The minimum atomic E-state index is 0.925. The van der Waals surface area contributed by atoms with Crippen LogP contribution in [0.25, 0.3) is 0 Å². The van der Waals surface area contributed by atoms with E-state index in [1.54, 1.807) is 0 Å². The van der Waals surface area contributed by atoms with Crippen LogP contribution in [-0.4, -0.2) is 22.9 Å². The average Bonchev–Trinajstić information content (AvgIpc) is 1.97. The summed E-state index contributed by atoms with van der Waals surface area (Å²) in [5.74, 6) is 3.02. The number of nitrogens with zero attached hydrogens (tertiary/aromatic N) is 1. The van der Waals surface area contributed by atoms with Crippen LogP contribution in [0.5, 0.6) is 0 Å². The molecule has 1 nitrogen and oxygen atoms in total. The highest BCUT2D eigenvalue weighted by molar-refractivity contribution is 14.1. The fraction of sp³-hybridized carbons (Fsp3) is 0.750. The van der Waals surface area contributed by atoms with Gasteiger partial charge in [0, 0.05) is 19.6 Å². The molecule has 0 aliphatic rings. The van der Waals surface area contributed by atoms with E-state index in [9.17, 15) is 0 Å². The highest BCUT2D eigenvalue weighted by Gasteiger charge is 1.87. The zero-order valence-corrected chi connectivity index (χ0v) is 8.81. The van der Waals surface area contributed by atoms with Gasteiger partial charge >= 0.3 is 0 Å². The van der Waals surface area contributed by atoms with Crippen LogP contribution in [-0.2, 0) is 0 Å². The van der Waals surface area contributed by atoms with E-state index in [1.807, 2.05) is 7.05 Å². The molecule has 0 fully saturated rings. The molecule has 2 heteroatoms. The summed E-state index contributed by atoms with van der Waals surface area (Å²) in [6.07, 6.45) is 2.49. The molecular formula is C8H14IN. The summed E-state index contributed by atoms with van der Waals surface area (Å²) in [6, 6.07) is 3.04. The lowest BCUT2D eigenvalue weighted by molar-refractivity contribution is 0.465. The average molecular weight is 251 g/mol. The smallest absolute Gasteiger partial charge is 0.0627 e. The fourth-order valence-corrected chi connectivity index (χ4v) is 0.787. The molecule has 0 saturated carbocycles. The van der Waals surface area contributed by atoms with Crippen LogP contribution >= 0.6 is 22.6 Å². The predicted octanol–water partition coefficient (Wildman–Crippen LogP) is 2.11. The zero-order chi connectivity index (χ0) is 7.82. The van der Waals surface area contributed by atoms with E-state index in [2.05, 4.69) is 46.4 Å². The molecule has 0 heterocycles. The molecule has 0 N–H and O–H groups in total. The summed E-state index contributed by atoms with van der Waals surface area (Å²) in [7, 11) is 2.04. The van der Waals surface area contributed by atoms with Gasteiger partial charge in [0.2, 0.25) is 0 Å². The first-order chi connectivity index (χ1) is 4.81. The van der Waals surface area contributed by atoms with Gasteiger partial charge in [0.1, 0.15) is 0 Å². The van der Waals surface area contributed by atoms with Crippen molar-refractivity contribution in [2.75, 3.05) is 18.0 Å². The van der Waals surface area contributed by atoms with Gasteiger partial charge in [-0.15, -0.1) is 0 Å². The maximum absolute atomic E-state index is 3.04. The number of alkyl halides is 1. The van der Waals surface area contributed by atoms with Crippen LogP contribution in [0, 0.1) is 12.0 Å². The van der Waals surface area contributed by atoms with E-state index in [4.69, 9.17) is 0 Å². The summed E-state index contributed by atoms with van der Waals surface area (Å²) >= 11 is 2.26. The quantitative estimate of drug-likeness (QED) is 0.321. The van der Waals surface area contributed by atoms with E-state index >= 15 is 0 Å². The Morgan fingerprint density at radius 2 is 2.20 bits per heavy atom. The van der Waals surface area contributed by atoms with Gasteiger partial charge in [0.15, 0.2) is 0 Å². The normalized spacial score (nSPS) is 8.30. The predicted molar refractivity (Wildman–Crippen MR) is 54.2 cm³/mol. The second-order valence-electron chi connectivity index (χ2n) is 2.20. The SMILES string of the molecule is CCCCN(C)C#CCI. The van der Waals surface area contributed by atoms with Gasteiger partial charge in [-0.3, -0.25) is 0 Å². The van der Waals surface area contributed by atoms with Crippen molar-refractivity contribution in [3.05, 3.63) is 0 Å². The fourth-order valence-electron chi connectivity index (χ4n) is 0.616. The summed E-state index contributed by atoms with van der Waals surface area (Å²) in [5.41, 5.74) is 0. The largest absolute Gasteiger partial charge is 0.336 e. The van der Waals surface area contributed by atoms with Crippen LogP contribution in [0.4, 0.5) is 0 Å². The molecule has 0 radical (unpaired) electrons. The lowest BCUT2D eigenvalue weighted by atomic mass is 10.3. The van der Waals surface area contributed by atoms with Crippen molar-refractivity contribution in [1.29, 1.82) is 0 Å². The Labute approximate surface area is 77.3 Å². The molecular weight excluding hydrogens is 237 g/mol. The van der Waals surface area contributed by atoms with Crippen molar-refractivity contribution in [2.45, 2.75) is 19.8 Å². The second kappa shape index (κ2) is 7.20. The van der Waals surface area contributed by atoms with Crippen molar-refractivity contribution in [3.8, 4) is 12.0 Å². The number of hydrogen-bond acceptors (Lipinski definition) is 1. The molecule has 10 heavy (non-hydrogen) atoms. The highest BCUT2D eigenvalue weighted by Crippen LogP contribution is 1.89. The van der Waals surface area contributed by atoms with E-state index < -0.39 is 0 Å². The third-order valence-electron chi connectivity index (χ3n) is 1.18. The first-order valence-corrected chi connectivity index (χ1v) is 5.09. The van der Waals surface area contributed by atoms with Gasteiger partial charge in [0.05, 0.1) is 4.43 Å². The number of hydrogen-bond donors (Lipinski definition) is 0. The lowest BCUT2D eigenvalue weighted by Crippen LogP contribution is -2.12. The molecule has 0 atom stereocenters. The summed E-state index contributed by atoms with van der Waals surface area (Å²) in [6.45, 7) is 3.29. The van der Waals surface area contributed by atoms with Gasteiger partial charge in [-0.25, -0.2) is 0 Å². The van der Waals surface area contributed by atoms with Crippen molar-refractivity contribution in [1.82, 2.24) is 4.90 Å². The van der Waals surface area contributed by atoms with Crippen molar-refractivity contribution >= 4 is 22.6 Å². The Kier molecular flexibility index (Phi) is 7.26. The zero-order valence-electron chi connectivity index (χ0n) is 6.65. The summed E-state index contributed by atoms with van der Waals surface area (Å²) in [4.78, 5) is 2.06. The maximum atomic E-state index is 3.04. The third kappa shape index (κ3) is 6.21. The molecule has 58 valence electrons. The molecule has 0 aromatic carbocycles. The van der Waals surface area contributed by atoms with Crippen LogP contribution < -0.4 is 0 Å². The Balaban J connectivity index is 3.33. The first-order valence-electron chi connectivity index (χ1n) is 3.56. The topological polar surface area (TPSA) is 3.24 Å². The minimum Gasteiger partial charge on any atom is -0.336 e. The Morgan fingerprint density at radius 3 is 2.70 bits per heavy atom. The van der Waals surface area contributed by atoms with Crippen molar-refractivity contribution < 1.29 is 0 Å². The maximum Gasteiger partial charge on any atom is 0.0627 e. The van der Waals surface area contributed by atoms with E-state index in [-0.39, 0.29) is 0 Å². The molecule has 0 unspecified atom stereocenters. The van der Waals surface area contributed by atoms with Crippen molar-refractivity contribution in [2.24, 2.45) is 0 Å². The Morgan fingerprint density at radius 1 is 1.50 bits per heavy atom. The van der Waals surface area contributed by atoms with E-state index in [1.165, 1.54) is 12.8 Å². The first kappa shape index (κ1) is 10.1. The third-order valence-corrected chi connectivity index (χ3v) is 1.57. The molecule has 0 bridgehead atoms. The van der Waals surface area contributed by atoms with Crippen LogP contribution in [0.3, 0.4) is 0 Å². The summed E-state index contributed by atoms with van der Waals surface area (Å²) in [5, 5.41) is 0. The van der Waals surface area contributed by atoms with Crippen LogP contribution in [0.15, 0.2) is 0 Å². The van der Waals surface area contributed by atoms with Gasteiger partial charge < -0.3 is 4.90 Å². The summed E-state index contributed by atoms with van der Waals surface area (Å²) < 4.78 is 0.925. The van der Waals surface area contributed by atoms with Gasteiger partial charge in [-0.2, -0.15) is 0 Å². The number of rotatable bonds is 3. The van der Waals surface area contributed by atoms with Crippen molar-refractivity contribution in [3.63, 3.8) is 0 Å². The molecule has 0 aliphatic heterocycles. The van der Waals surface area contributed by atoms with E-state index in [0.29, 0.717) is 0 Å². The Bertz CT molecular complexity index is 123. The molecule has 0 amide bonds. The van der Waals surface area contributed by atoms with Gasteiger partial charge in [-0.1, -0.05) is 41.9 Å². The molecule has 0 aliphatic carbocycles. The molecule has 0 rings (SSSR count). The second-order valence-corrected chi connectivity index (χ2v) is 2.96. The molecule has 0 aromatic rings. The van der Waals surface area contributed by atoms with E-state index in [0.717, 1.165) is 11.0 Å². The van der Waals surface area contributed by atoms with Gasteiger partial charge in [-0.05, 0) is 6.42 Å². The monoisotopic (exact) mass is 251 g/mol. The molecule has 0 spiro atoms. The number of unbranched alkanes of at least 4 members (excludes halogenated alkanes) is 1. The Hall–Kier alpha value is 0.0900.